The summed E-state index contributed by atoms with van der Waals surface area (Å²) in [6.45, 7) is 1.16. The van der Waals surface area contributed by atoms with Crippen molar-refractivity contribution in [3.8, 4) is 11.5 Å². The number of primary sulfonamides is 1. The first-order valence-electron chi connectivity index (χ1n) is 8.95. The maximum absolute atomic E-state index is 12.6. The Hall–Kier alpha value is -3.11. The average Bonchev–Trinajstić information content (AvgIpc) is 3.09. The van der Waals surface area contributed by atoms with Gasteiger partial charge in [0, 0.05) is 30.4 Å². The smallest absolute Gasteiger partial charge is 0.238 e. The van der Waals surface area contributed by atoms with E-state index in [1.54, 1.807) is 23.1 Å². The molecule has 2 aromatic carbocycles. The van der Waals surface area contributed by atoms with E-state index in [0.29, 0.717) is 36.1 Å². The normalized spacial score (nSPS) is 18.6. The van der Waals surface area contributed by atoms with Crippen LogP contribution in [0.5, 0.6) is 11.5 Å². The van der Waals surface area contributed by atoms with Crippen molar-refractivity contribution in [1.29, 1.82) is 0 Å². The molecule has 9 nitrogen and oxygen atoms in total. The van der Waals surface area contributed by atoms with Crippen LogP contribution in [-0.4, -0.2) is 40.0 Å². The molecule has 29 heavy (non-hydrogen) atoms. The van der Waals surface area contributed by atoms with Crippen LogP contribution in [0.25, 0.3) is 0 Å². The van der Waals surface area contributed by atoms with Gasteiger partial charge in [0.25, 0.3) is 0 Å². The maximum atomic E-state index is 12.6. The zero-order chi connectivity index (χ0) is 20.6. The van der Waals surface area contributed by atoms with E-state index in [1.165, 1.54) is 24.3 Å². The lowest BCUT2D eigenvalue weighted by Crippen LogP contribution is -2.28. The Bertz CT molecular complexity index is 1070. The molecular weight excluding hydrogens is 398 g/mol. The van der Waals surface area contributed by atoms with Crippen LogP contribution < -0.4 is 24.8 Å². The highest BCUT2D eigenvalue weighted by atomic mass is 32.2. The van der Waals surface area contributed by atoms with E-state index in [2.05, 4.69) is 5.32 Å². The summed E-state index contributed by atoms with van der Waals surface area (Å²) in [7, 11) is -3.80. The number of ether oxygens (including phenoxy) is 2. The van der Waals surface area contributed by atoms with Crippen LogP contribution in [0.2, 0.25) is 0 Å². The predicted molar refractivity (Wildman–Crippen MR) is 104 cm³/mol. The van der Waals surface area contributed by atoms with Gasteiger partial charge in [-0.25, -0.2) is 13.6 Å². The van der Waals surface area contributed by atoms with E-state index < -0.39 is 15.9 Å². The number of carbonyl (C=O) groups is 2. The molecule has 0 saturated carbocycles. The SMILES string of the molecule is NS(=O)(=O)c1ccc(NC(=O)[C@@H]2CC(=O)N(c3ccc4c(c3)OCCO4)C2)cc1. The lowest BCUT2D eigenvalue weighted by molar-refractivity contribution is -0.122. The quantitative estimate of drug-likeness (QED) is 0.767. The van der Waals surface area contributed by atoms with Crippen molar-refractivity contribution < 1.29 is 27.5 Å². The third-order valence-corrected chi connectivity index (χ3v) is 5.71. The zero-order valence-corrected chi connectivity index (χ0v) is 16.1. The van der Waals surface area contributed by atoms with Crippen molar-refractivity contribution in [1.82, 2.24) is 0 Å². The highest BCUT2D eigenvalue weighted by Crippen LogP contribution is 2.36. The van der Waals surface area contributed by atoms with Gasteiger partial charge >= 0.3 is 0 Å². The summed E-state index contributed by atoms with van der Waals surface area (Å²) in [6, 6.07) is 10.8. The van der Waals surface area contributed by atoms with Gasteiger partial charge in [-0.15, -0.1) is 0 Å². The Balaban J connectivity index is 1.44. The Morgan fingerprint density at radius 2 is 1.76 bits per heavy atom. The third-order valence-electron chi connectivity index (χ3n) is 4.78. The number of amides is 2. The van der Waals surface area contributed by atoms with Gasteiger partial charge in [0.05, 0.1) is 10.8 Å². The molecule has 3 N–H and O–H groups in total. The molecule has 2 heterocycles. The Morgan fingerprint density at radius 3 is 2.45 bits per heavy atom. The number of rotatable bonds is 4. The van der Waals surface area contributed by atoms with Crippen LogP contribution in [0.1, 0.15) is 6.42 Å². The molecule has 1 atom stereocenters. The number of anilines is 2. The van der Waals surface area contributed by atoms with Crippen molar-refractivity contribution >= 4 is 33.2 Å². The molecule has 0 bridgehead atoms. The van der Waals surface area contributed by atoms with Gasteiger partial charge in [0.15, 0.2) is 11.5 Å². The number of nitrogens with one attached hydrogen (secondary N) is 1. The molecular formula is C19H19N3O6S. The first-order chi connectivity index (χ1) is 13.8. The number of hydrogen-bond donors (Lipinski definition) is 2. The summed E-state index contributed by atoms with van der Waals surface area (Å²) in [4.78, 5) is 26.5. The van der Waals surface area contributed by atoms with Gasteiger partial charge in [-0.05, 0) is 36.4 Å². The van der Waals surface area contributed by atoms with Crippen LogP contribution in [0.3, 0.4) is 0 Å². The molecule has 2 aliphatic heterocycles. The fourth-order valence-electron chi connectivity index (χ4n) is 3.30. The van der Waals surface area contributed by atoms with Crippen molar-refractivity contribution in [2.45, 2.75) is 11.3 Å². The Morgan fingerprint density at radius 1 is 1.07 bits per heavy atom. The first kappa shape index (κ1) is 19.2. The van der Waals surface area contributed by atoms with Gasteiger partial charge in [0.1, 0.15) is 13.2 Å². The standard InChI is InChI=1S/C19H19N3O6S/c20-29(25,26)15-4-1-13(2-5-15)21-19(24)12-9-18(23)22(11-12)14-3-6-16-17(10-14)28-8-7-27-16/h1-6,10,12H,7-9,11H2,(H,21,24)(H2,20,25,26)/t12-/m1/s1. The third kappa shape index (κ3) is 4.03. The maximum Gasteiger partial charge on any atom is 0.238 e. The van der Waals surface area contributed by atoms with Crippen LogP contribution in [0.4, 0.5) is 11.4 Å². The second kappa shape index (κ2) is 7.37. The minimum Gasteiger partial charge on any atom is -0.486 e. The summed E-state index contributed by atoms with van der Waals surface area (Å²) in [5.41, 5.74) is 1.07. The van der Waals surface area contributed by atoms with Crippen molar-refractivity contribution in [3.63, 3.8) is 0 Å². The number of sulfonamides is 1. The Kier molecular flexibility index (Phi) is 4.89. The van der Waals surface area contributed by atoms with E-state index in [1.807, 2.05) is 0 Å². The van der Waals surface area contributed by atoms with Crippen LogP contribution in [0, 0.1) is 5.92 Å². The van der Waals surface area contributed by atoms with E-state index in [9.17, 15) is 18.0 Å². The summed E-state index contributed by atoms with van der Waals surface area (Å²) in [5, 5.41) is 7.77. The second-order valence-corrected chi connectivity index (χ2v) is 8.35. The van der Waals surface area contributed by atoms with Gasteiger partial charge in [-0.3, -0.25) is 9.59 Å². The Labute approximate surface area is 167 Å². The molecule has 0 aromatic heterocycles. The molecule has 2 aromatic rings. The molecule has 0 radical (unpaired) electrons. The highest BCUT2D eigenvalue weighted by molar-refractivity contribution is 7.89. The largest absolute Gasteiger partial charge is 0.486 e. The minimum absolute atomic E-state index is 0.0451. The van der Waals surface area contributed by atoms with E-state index in [4.69, 9.17) is 14.6 Å². The number of nitrogens with zero attached hydrogens (tertiary/aromatic N) is 1. The number of carbonyl (C=O) groups excluding carboxylic acids is 2. The summed E-state index contributed by atoms with van der Waals surface area (Å²) in [6.07, 6.45) is 0.0789. The van der Waals surface area contributed by atoms with Crippen molar-refractivity contribution in [2.75, 3.05) is 30.0 Å². The molecule has 0 aliphatic carbocycles. The number of nitrogens with two attached hydrogens (primary N) is 1. The topological polar surface area (TPSA) is 128 Å². The number of hydrogen-bond acceptors (Lipinski definition) is 6. The van der Waals surface area contributed by atoms with Crippen molar-refractivity contribution in [2.24, 2.45) is 11.1 Å². The molecule has 2 aliphatic rings. The summed E-state index contributed by atoms with van der Waals surface area (Å²) >= 11 is 0. The molecule has 0 unspecified atom stereocenters. The molecule has 152 valence electrons. The van der Waals surface area contributed by atoms with E-state index in [0.717, 1.165) is 0 Å². The molecule has 10 heteroatoms. The second-order valence-electron chi connectivity index (χ2n) is 6.79. The zero-order valence-electron chi connectivity index (χ0n) is 15.3. The van der Waals surface area contributed by atoms with Gasteiger partial charge < -0.3 is 19.7 Å². The van der Waals surface area contributed by atoms with E-state index in [-0.39, 0.29) is 29.7 Å². The molecule has 1 saturated heterocycles. The van der Waals surface area contributed by atoms with Gasteiger partial charge in [-0.1, -0.05) is 0 Å². The minimum atomic E-state index is -3.80. The number of benzene rings is 2. The predicted octanol–water partition coefficient (Wildman–Crippen LogP) is 1.10. The van der Waals surface area contributed by atoms with Crippen molar-refractivity contribution in [3.05, 3.63) is 42.5 Å². The van der Waals surface area contributed by atoms with Crippen LogP contribution in [-0.2, 0) is 19.6 Å². The van der Waals surface area contributed by atoms with E-state index >= 15 is 0 Å². The van der Waals surface area contributed by atoms with Crippen LogP contribution >= 0.6 is 0 Å². The summed E-state index contributed by atoms with van der Waals surface area (Å²) in [5.74, 6) is 0.190. The van der Waals surface area contributed by atoms with Crippen LogP contribution in [0.15, 0.2) is 47.4 Å². The lowest BCUT2D eigenvalue weighted by Gasteiger charge is -2.22. The molecule has 4 rings (SSSR count). The molecule has 2 amide bonds. The van der Waals surface area contributed by atoms with Gasteiger partial charge in [-0.2, -0.15) is 0 Å². The fourth-order valence-corrected chi connectivity index (χ4v) is 3.82. The summed E-state index contributed by atoms with van der Waals surface area (Å²) < 4.78 is 33.6. The van der Waals surface area contributed by atoms with Gasteiger partial charge in [0.2, 0.25) is 21.8 Å². The highest BCUT2D eigenvalue weighted by Gasteiger charge is 2.35. The molecule has 0 spiro atoms. The monoisotopic (exact) mass is 417 g/mol. The number of fused-ring (bicyclic) bond motifs is 1. The molecule has 1 fully saturated rings. The first-order valence-corrected chi connectivity index (χ1v) is 10.5. The lowest BCUT2D eigenvalue weighted by atomic mass is 10.1. The fraction of sp³-hybridized carbons (Fsp3) is 0.263. The average molecular weight is 417 g/mol.